The van der Waals surface area contributed by atoms with Crippen molar-refractivity contribution in [2.24, 2.45) is 0 Å². The lowest BCUT2D eigenvalue weighted by molar-refractivity contribution is -0.123. The van der Waals surface area contributed by atoms with E-state index in [1.54, 1.807) is 24.3 Å². The first-order chi connectivity index (χ1) is 17.0. The maximum absolute atomic E-state index is 12.6. The van der Waals surface area contributed by atoms with Crippen molar-refractivity contribution in [1.29, 1.82) is 0 Å². The van der Waals surface area contributed by atoms with Gasteiger partial charge in [0.05, 0.1) is 6.04 Å². The molecule has 0 aromatic heterocycles. The highest BCUT2D eigenvalue weighted by Crippen LogP contribution is 2.26. The molecule has 1 N–H and O–H groups in total. The third-order valence-corrected chi connectivity index (χ3v) is 6.60. The molecule has 0 radical (unpaired) electrons. The molecule has 6 nitrogen and oxygen atoms in total. The Morgan fingerprint density at radius 3 is 2.23 bits per heavy atom. The first-order valence-corrected chi connectivity index (χ1v) is 12.3. The standard InChI is InChI=1S/C28H33ClN4O2/c1-31(2)24-12-8-22(9-13-24)27(20-30-28(34)21-35-26-14-10-23(29)11-15-26)33-18-16-32(17-19-33)25-6-4-3-5-7-25/h3-15,27H,16-21H2,1-2H3,(H,30,34)/t27-/m0/s1. The highest BCUT2D eigenvalue weighted by Gasteiger charge is 2.26. The predicted octanol–water partition coefficient (Wildman–Crippen LogP) is 4.46. The molecule has 1 saturated heterocycles. The molecular weight excluding hydrogens is 460 g/mol. The molecule has 3 aromatic carbocycles. The van der Waals surface area contributed by atoms with Crippen molar-refractivity contribution in [3.8, 4) is 5.75 Å². The number of halogens is 1. The summed E-state index contributed by atoms with van der Waals surface area (Å²) in [5, 5.41) is 3.72. The number of ether oxygens (including phenoxy) is 1. The van der Waals surface area contributed by atoms with Crippen LogP contribution in [0, 0.1) is 0 Å². The summed E-state index contributed by atoms with van der Waals surface area (Å²) >= 11 is 5.92. The highest BCUT2D eigenvalue weighted by molar-refractivity contribution is 6.30. The summed E-state index contributed by atoms with van der Waals surface area (Å²) in [4.78, 5) is 19.6. The Bertz CT molecular complexity index is 1070. The van der Waals surface area contributed by atoms with Gasteiger partial charge in [0.1, 0.15) is 5.75 Å². The minimum atomic E-state index is -0.141. The number of hydrogen-bond acceptors (Lipinski definition) is 5. The lowest BCUT2D eigenvalue weighted by Gasteiger charge is -2.40. The first-order valence-electron chi connectivity index (χ1n) is 12.0. The van der Waals surface area contributed by atoms with E-state index in [0.29, 0.717) is 17.3 Å². The summed E-state index contributed by atoms with van der Waals surface area (Å²) in [6, 6.07) is 26.2. The second kappa shape index (κ2) is 12.0. The summed E-state index contributed by atoms with van der Waals surface area (Å²) in [6.45, 7) is 4.23. The number of rotatable bonds is 9. The topological polar surface area (TPSA) is 48.1 Å². The van der Waals surface area contributed by atoms with Gasteiger partial charge in [-0.3, -0.25) is 9.69 Å². The molecule has 0 aliphatic carbocycles. The number of piperazine rings is 1. The molecule has 1 aliphatic rings. The maximum Gasteiger partial charge on any atom is 0.258 e. The van der Waals surface area contributed by atoms with Crippen LogP contribution in [0.25, 0.3) is 0 Å². The average molecular weight is 493 g/mol. The molecule has 1 amide bonds. The van der Waals surface area contributed by atoms with E-state index in [1.807, 2.05) is 20.2 Å². The summed E-state index contributed by atoms with van der Waals surface area (Å²) in [7, 11) is 4.08. The molecule has 7 heteroatoms. The lowest BCUT2D eigenvalue weighted by Crippen LogP contribution is -2.50. The van der Waals surface area contributed by atoms with Crippen molar-refractivity contribution in [2.75, 3.05) is 63.2 Å². The first kappa shape index (κ1) is 24.9. The monoisotopic (exact) mass is 492 g/mol. The van der Waals surface area contributed by atoms with E-state index in [4.69, 9.17) is 16.3 Å². The zero-order valence-electron chi connectivity index (χ0n) is 20.4. The van der Waals surface area contributed by atoms with E-state index in [2.05, 4.69) is 68.5 Å². The van der Waals surface area contributed by atoms with E-state index >= 15 is 0 Å². The van der Waals surface area contributed by atoms with Crippen LogP contribution in [-0.2, 0) is 4.79 Å². The Kier molecular flexibility index (Phi) is 8.50. The Hall–Kier alpha value is -3.22. The van der Waals surface area contributed by atoms with Crippen molar-refractivity contribution in [3.63, 3.8) is 0 Å². The molecule has 0 spiro atoms. The van der Waals surface area contributed by atoms with Crippen molar-refractivity contribution in [2.45, 2.75) is 6.04 Å². The van der Waals surface area contributed by atoms with Gasteiger partial charge in [-0.15, -0.1) is 0 Å². The molecule has 0 bridgehead atoms. The average Bonchev–Trinajstić information content (AvgIpc) is 2.89. The molecule has 4 rings (SSSR count). The summed E-state index contributed by atoms with van der Waals surface area (Å²) in [5.74, 6) is 0.482. The van der Waals surface area contributed by atoms with Crippen molar-refractivity contribution in [1.82, 2.24) is 10.2 Å². The molecule has 0 unspecified atom stereocenters. The Morgan fingerprint density at radius 1 is 0.943 bits per heavy atom. The summed E-state index contributed by atoms with van der Waals surface area (Å²) in [5.41, 5.74) is 3.61. The largest absolute Gasteiger partial charge is 0.484 e. The van der Waals surface area contributed by atoms with Crippen LogP contribution in [0.2, 0.25) is 5.02 Å². The van der Waals surface area contributed by atoms with E-state index in [-0.39, 0.29) is 18.6 Å². The van der Waals surface area contributed by atoms with E-state index < -0.39 is 0 Å². The van der Waals surface area contributed by atoms with Gasteiger partial charge in [-0.1, -0.05) is 41.9 Å². The van der Waals surface area contributed by atoms with Gasteiger partial charge in [0, 0.05) is 63.2 Å². The summed E-state index contributed by atoms with van der Waals surface area (Å²) in [6.07, 6.45) is 0. The normalized spacial score (nSPS) is 14.9. The second-order valence-electron chi connectivity index (χ2n) is 8.91. The molecule has 1 heterocycles. The summed E-state index contributed by atoms with van der Waals surface area (Å²) < 4.78 is 5.61. The second-order valence-corrected chi connectivity index (χ2v) is 9.34. The van der Waals surface area contributed by atoms with Gasteiger partial charge in [-0.2, -0.15) is 0 Å². The SMILES string of the molecule is CN(C)c1ccc([C@H](CNC(=O)COc2ccc(Cl)cc2)N2CCN(c3ccccc3)CC2)cc1. The number of nitrogens with one attached hydrogen (secondary N) is 1. The fourth-order valence-electron chi connectivity index (χ4n) is 4.32. The van der Waals surface area contributed by atoms with Gasteiger partial charge in [0.25, 0.3) is 5.91 Å². The van der Waals surface area contributed by atoms with Gasteiger partial charge in [-0.25, -0.2) is 0 Å². The van der Waals surface area contributed by atoms with Gasteiger partial charge in [0.2, 0.25) is 0 Å². The zero-order valence-corrected chi connectivity index (χ0v) is 21.1. The zero-order chi connectivity index (χ0) is 24.6. The number of carbonyl (C=O) groups excluding carboxylic acids is 1. The third-order valence-electron chi connectivity index (χ3n) is 6.35. The number of nitrogens with zero attached hydrogens (tertiary/aromatic N) is 3. The van der Waals surface area contributed by atoms with Crippen LogP contribution in [-0.4, -0.2) is 64.2 Å². The molecule has 1 fully saturated rings. The fourth-order valence-corrected chi connectivity index (χ4v) is 4.45. The lowest BCUT2D eigenvalue weighted by atomic mass is 10.0. The quantitative estimate of drug-likeness (QED) is 0.477. The molecule has 35 heavy (non-hydrogen) atoms. The van der Waals surface area contributed by atoms with Crippen LogP contribution >= 0.6 is 11.6 Å². The van der Waals surface area contributed by atoms with Crippen LogP contribution in [0.5, 0.6) is 5.75 Å². The third kappa shape index (κ3) is 6.90. The Labute approximate surface area is 213 Å². The molecule has 0 saturated carbocycles. The van der Waals surface area contributed by atoms with Crippen LogP contribution in [0.1, 0.15) is 11.6 Å². The van der Waals surface area contributed by atoms with Crippen LogP contribution in [0.4, 0.5) is 11.4 Å². The minimum Gasteiger partial charge on any atom is -0.484 e. The van der Waals surface area contributed by atoms with Crippen molar-refractivity contribution >= 4 is 28.9 Å². The predicted molar refractivity (Wildman–Crippen MR) is 144 cm³/mol. The Balaban J connectivity index is 1.39. The number of carbonyl (C=O) groups is 1. The number of hydrogen-bond donors (Lipinski definition) is 1. The highest BCUT2D eigenvalue weighted by atomic mass is 35.5. The van der Waals surface area contributed by atoms with E-state index in [9.17, 15) is 4.79 Å². The Morgan fingerprint density at radius 2 is 1.60 bits per heavy atom. The molecule has 1 atom stereocenters. The van der Waals surface area contributed by atoms with Crippen molar-refractivity contribution in [3.05, 3.63) is 89.4 Å². The van der Waals surface area contributed by atoms with Crippen LogP contribution in [0.3, 0.4) is 0 Å². The van der Waals surface area contributed by atoms with Crippen molar-refractivity contribution < 1.29 is 9.53 Å². The van der Waals surface area contributed by atoms with E-state index in [1.165, 1.54) is 11.3 Å². The van der Waals surface area contributed by atoms with E-state index in [0.717, 1.165) is 31.9 Å². The smallest absolute Gasteiger partial charge is 0.258 e. The maximum atomic E-state index is 12.6. The molecule has 184 valence electrons. The van der Waals surface area contributed by atoms with Gasteiger partial charge in [-0.05, 0) is 54.1 Å². The molecule has 3 aromatic rings. The molecule has 1 aliphatic heterocycles. The molecular formula is C28H33ClN4O2. The van der Waals surface area contributed by atoms with Gasteiger partial charge < -0.3 is 19.9 Å². The number of benzene rings is 3. The van der Waals surface area contributed by atoms with Crippen LogP contribution in [0.15, 0.2) is 78.9 Å². The number of para-hydroxylation sites is 1. The van der Waals surface area contributed by atoms with Gasteiger partial charge >= 0.3 is 0 Å². The number of anilines is 2. The van der Waals surface area contributed by atoms with Crippen LogP contribution < -0.4 is 19.9 Å². The minimum absolute atomic E-state index is 0.0320. The number of amides is 1. The van der Waals surface area contributed by atoms with Gasteiger partial charge in [0.15, 0.2) is 6.61 Å². The fraction of sp³-hybridized carbons (Fsp3) is 0.321.